The molecule has 0 spiro atoms. The van der Waals surface area contributed by atoms with E-state index in [0.717, 1.165) is 15.6 Å². The third kappa shape index (κ3) is 5.50. The molecule has 0 aliphatic heterocycles. The quantitative estimate of drug-likeness (QED) is 0.244. The van der Waals surface area contributed by atoms with Gasteiger partial charge in [-0.15, -0.1) is 0 Å². The summed E-state index contributed by atoms with van der Waals surface area (Å²) in [4.78, 5) is 30.0. The fourth-order valence-corrected chi connectivity index (χ4v) is 5.26. The number of aliphatic carboxylic acids is 1. The summed E-state index contributed by atoms with van der Waals surface area (Å²) in [6.07, 6.45) is -0.235. The third-order valence-electron chi connectivity index (χ3n) is 5.80. The van der Waals surface area contributed by atoms with Crippen molar-refractivity contribution in [2.45, 2.75) is 19.3 Å². The number of hydrogen-bond donors (Lipinski definition) is 2. The molecule has 178 valence electrons. The zero-order valence-electron chi connectivity index (χ0n) is 18.7. The monoisotopic (exact) mass is 570 g/mol. The molecule has 4 aromatic rings. The van der Waals surface area contributed by atoms with Crippen LogP contribution in [-0.4, -0.2) is 28.5 Å². The van der Waals surface area contributed by atoms with Gasteiger partial charge in [-0.2, -0.15) is 0 Å². The van der Waals surface area contributed by atoms with E-state index in [1.165, 1.54) is 0 Å². The molecule has 1 amide bonds. The summed E-state index contributed by atoms with van der Waals surface area (Å²) in [7, 11) is 0. The van der Waals surface area contributed by atoms with Crippen LogP contribution in [-0.2, 0) is 4.79 Å². The van der Waals surface area contributed by atoms with E-state index in [0.29, 0.717) is 37.8 Å². The Balaban J connectivity index is 1.75. The molecule has 8 heteroatoms. The topological polar surface area (TPSA) is 79.3 Å². The molecule has 5 nitrogen and oxygen atoms in total. The maximum Gasteiger partial charge on any atom is 0.304 e. The van der Waals surface area contributed by atoms with E-state index in [9.17, 15) is 14.7 Å². The molecule has 35 heavy (non-hydrogen) atoms. The molecule has 3 aromatic carbocycles. The minimum atomic E-state index is -1.01. The molecule has 1 heterocycles. The van der Waals surface area contributed by atoms with Gasteiger partial charge in [0.1, 0.15) is 0 Å². The van der Waals surface area contributed by atoms with Gasteiger partial charge in [0.05, 0.1) is 23.2 Å². The van der Waals surface area contributed by atoms with E-state index in [4.69, 9.17) is 28.2 Å². The summed E-state index contributed by atoms with van der Waals surface area (Å²) in [5, 5.41) is 13.8. The van der Waals surface area contributed by atoms with E-state index in [1.54, 1.807) is 18.2 Å². The Morgan fingerprint density at radius 1 is 1.03 bits per heavy atom. The predicted molar refractivity (Wildman–Crippen MR) is 143 cm³/mol. The predicted octanol–water partition coefficient (Wildman–Crippen LogP) is 7.27. The number of nitrogens with zero attached hydrogens (tertiary/aromatic N) is 1. The van der Waals surface area contributed by atoms with E-state index in [2.05, 4.69) is 21.2 Å². The number of fused-ring (bicyclic) bond motifs is 1. The van der Waals surface area contributed by atoms with Gasteiger partial charge in [0.25, 0.3) is 5.91 Å². The van der Waals surface area contributed by atoms with Gasteiger partial charge in [0.2, 0.25) is 0 Å². The van der Waals surface area contributed by atoms with Crippen molar-refractivity contribution in [1.82, 2.24) is 10.3 Å². The Morgan fingerprint density at radius 3 is 2.37 bits per heavy atom. The van der Waals surface area contributed by atoms with Gasteiger partial charge < -0.3 is 10.4 Å². The Labute approximate surface area is 221 Å². The number of rotatable bonds is 7. The van der Waals surface area contributed by atoms with E-state index in [1.807, 2.05) is 55.5 Å². The highest BCUT2D eigenvalue weighted by Gasteiger charge is 2.24. The third-order valence-corrected chi connectivity index (χ3v) is 6.96. The number of halogens is 3. The minimum Gasteiger partial charge on any atom is -0.481 e. The van der Waals surface area contributed by atoms with Gasteiger partial charge in [-0.25, -0.2) is 4.98 Å². The standard InChI is InChI=1S/C27H21BrCl2N2O3/c1-15-24(19-13-18(28)10-11-22(19)32-26(15)16-6-3-2-4-7-16)27(35)31-14-17(12-23(33)34)25-20(29)8-5-9-21(25)30/h2-11,13,17H,12,14H2,1H3,(H,31,35)(H,33,34)/t17-/m0/s1. The van der Waals surface area contributed by atoms with Crippen LogP contribution in [0.5, 0.6) is 0 Å². The SMILES string of the molecule is Cc1c(-c2ccccc2)nc2ccc(Br)cc2c1C(=O)NC[C@H](CC(=O)O)c1c(Cl)cccc1Cl. The Bertz CT molecular complexity index is 1410. The van der Waals surface area contributed by atoms with Crippen LogP contribution in [0.2, 0.25) is 10.0 Å². The van der Waals surface area contributed by atoms with Gasteiger partial charge in [-0.1, -0.05) is 75.5 Å². The van der Waals surface area contributed by atoms with Crippen molar-refractivity contribution in [2.75, 3.05) is 6.54 Å². The van der Waals surface area contributed by atoms with Crippen molar-refractivity contribution >= 4 is 61.9 Å². The second kappa shape index (κ2) is 10.8. The molecule has 0 unspecified atom stereocenters. The Morgan fingerprint density at radius 2 is 1.71 bits per heavy atom. The molecule has 4 rings (SSSR count). The fourth-order valence-electron chi connectivity index (χ4n) is 4.19. The molecule has 2 N–H and O–H groups in total. The zero-order valence-corrected chi connectivity index (χ0v) is 21.8. The summed E-state index contributed by atoms with van der Waals surface area (Å²) in [6.45, 7) is 1.91. The zero-order chi connectivity index (χ0) is 25.1. The normalized spacial score (nSPS) is 11.9. The first kappa shape index (κ1) is 25.2. The van der Waals surface area contributed by atoms with Gasteiger partial charge in [0, 0.05) is 37.9 Å². The number of carboxylic acid groups (broad SMARTS) is 1. The Kier molecular flexibility index (Phi) is 7.75. The van der Waals surface area contributed by atoms with E-state index >= 15 is 0 Å². The lowest BCUT2D eigenvalue weighted by molar-refractivity contribution is -0.137. The summed E-state index contributed by atoms with van der Waals surface area (Å²) < 4.78 is 0.819. The average molecular weight is 572 g/mol. The molecule has 0 fully saturated rings. The van der Waals surface area contributed by atoms with Crippen molar-refractivity contribution in [3.8, 4) is 11.3 Å². The van der Waals surface area contributed by atoms with E-state index in [-0.39, 0.29) is 18.9 Å². The van der Waals surface area contributed by atoms with Crippen LogP contribution in [0.3, 0.4) is 0 Å². The number of hydrogen-bond acceptors (Lipinski definition) is 3. The van der Waals surface area contributed by atoms with E-state index < -0.39 is 11.9 Å². The lowest BCUT2D eigenvalue weighted by atomic mass is 9.94. The largest absolute Gasteiger partial charge is 0.481 e. The number of aromatic nitrogens is 1. The van der Waals surface area contributed by atoms with Crippen molar-refractivity contribution in [3.63, 3.8) is 0 Å². The molecular formula is C27H21BrCl2N2O3. The first-order chi connectivity index (χ1) is 16.8. The highest BCUT2D eigenvalue weighted by molar-refractivity contribution is 9.10. The van der Waals surface area contributed by atoms with Crippen LogP contribution in [0, 0.1) is 6.92 Å². The number of amides is 1. The first-order valence-electron chi connectivity index (χ1n) is 10.9. The van der Waals surface area contributed by atoms with Crippen molar-refractivity contribution in [2.24, 2.45) is 0 Å². The molecule has 0 saturated heterocycles. The number of nitrogens with one attached hydrogen (secondary N) is 1. The lowest BCUT2D eigenvalue weighted by Crippen LogP contribution is -2.30. The molecule has 0 radical (unpaired) electrons. The van der Waals surface area contributed by atoms with Crippen LogP contribution in [0.4, 0.5) is 0 Å². The molecule has 0 bridgehead atoms. The number of carboxylic acids is 1. The van der Waals surface area contributed by atoms with Crippen molar-refractivity contribution in [3.05, 3.63) is 97.9 Å². The summed E-state index contributed by atoms with van der Waals surface area (Å²) in [5.74, 6) is -1.95. The lowest BCUT2D eigenvalue weighted by Gasteiger charge is -2.20. The molecule has 0 aliphatic rings. The van der Waals surface area contributed by atoms with Gasteiger partial charge >= 0.3 is 5.97 Å². The van der Waals surface area contributed by atoms with Gasteiger partial charge in [-0.05, 0) is 48.4 Å². The second-order valence-corrected chi connectivity index (χ2v) is 9.86. The van der Waals surface area contributed by atoms with Crippen LogP contribution in [0.25, 0.3) is 22.2 Å². The number of carbonyl (C=O) groups is 2. The molecule has 1 atom stereocenters. The molecule has 0 saturated carbocycles. The Hall–Kier alpha value is -2.93. The number of benzene rings is 3. The smallest absolute Gasteiger partial charge is 0.304 e. The average Bonchev–Trinajstić information content (AvgIpc) is 2.82. The minimum absolute atomic E-state index is 0.0481. The van der Waals surface area contributed by atoms with Crippen LogP contribution >= 0.6 is 39.1 Å². The van der Waals surface area contributed by atoms with Crippen LogP contribution in [0.1, 0.15) is 33.8 Å². The summed E-state index contributed by atoms with van der Waals surface area (Å²) >= 11 is 16.2. The first-order valence-corrected chi connectivity index (χ1v) is 12.4. The van der Waals surface area contributed by atoms with Crippen molar-refractivity contribution < 1.29 is 14.7 Å². The van der Waals surface area contributed by atoms with Gasteiger partial charge in [0.15, 0.2) is 0 Å². The highest BCUT2D eigenvalue weighted by Crippen LogP contribution is 2.34. The number of pyridine rings is 1. The van der Waals surface area contributed by atoms with Crippen molar-refractivity contribution in [1.29, 1.82) is 0 Å². The molecule has 0 aliphatic carbocycles. The maximum atomic E-state index is 13.6. The second-order valence-electron chi connectivity index (χ2n) is 8.13. The van der Waals surface area contributed by atoms with Crippen LogP contribution < -0.4 is 5.32 Å². The highest BCUT2D eigenvalue weighted by atomic mass is 79.9. The summed E-state index contributed by atoms with van der Waals surface area (Å²) in [6, 6.07) is 20.3. The molecular weight excluding hydrogens is 551 g/mol. The summed E-state index contributed by atoms with van der Waals surface area (Å²) in [5.41, 5.74) is 4.00. The fraction of sp³-hybridized carbons (Fsp3) is 0.148. The van der Waals surface area contributed by atoms with Crippen LogP contribution in [0.15, 0.2) is 71.2 Å². The molecule has 1 aromatic heterocycles. The van der Waals surface area contributed by atoms with Gasteiger partial charge in [-0.3, -0.25) is 9.59 Å². The maximum absolute atomic E-state index is 13.6. The number of carbonyl (C=O) groups excluding carboxylic acids is 1.